The first-order valence-corrected chi connectivity index (χ1v) is 5.03. The average Bonchev–Trinajstić information content (AvgIpc) is 2.30. The Balaban J connectivity index is 1.87. The number of aromatic nitrogens is 3. The van der Waals surface area contributed by atoms with Gasteiger partial charge in [-0.2, -0.15) is 0 Å². The van der Waals surface area contributed by atoms with E-state index in [9.17, 15) is 4.79 Å². The van der Waals surface area contributed by atoms with Gasteiger partial charge < -0.3 is 10.3 Å². The molecule has 2 aromatic rings. The van der Waals surface area contributed by atoms with Crippen LogP contribution in [0.1, 0.15) is 5.69 Å². The summed E-state index contributed by atoms with van der Waals surface area (Å²) in [6.07, 6.45) is 3.95. The first-order chi connectivity index (χ1) is 7.84. The van der Waals surface area contributed by atoms with Crippen molar-refractivity contribution in [3.63, 3.8) is 0 Å². The van der Waals surface area contributed by atoms with Crippen LogP contribution in [0.5, 0.6) is 0 Å². The maximum absolute atomic E-state index is 11.0. The average molecular weight is 216 g/mol. The van der Waals surface area contributed by atoms with Gasteiger partial charge >= 0.3 is 0 Å². The third kappa shape index (κ3) is 2.91. The van der Waals surface area contributed by atoms with Crippen molar-refractivity contribution in [2.24, 2.45) is 0 Å². The molecule has 2 N–H and O–H groups in total. The van der Waals surface area contributed by atoms with Gasteiger partial charge in [-0.25, -0.2) is 4.98 Å². The van der Waals surface area contributed by atoms with Gasteiger partial charge in [-0.1, -0.05) is 6.07 Å². The minimum Gasteiger partial charge on any atom is -0.369 e. The molecule has 0 saturated heterocycles. The molecule has 0 aliphatic rings. The summed E-state index contributed by atoms with van der Waals surface area (Å²) in [6.45, 7) is 0.702. The second-order valence-corrected chi connectivity index (χ2v) is 3.29. The van der Waals surface area contributed by atoms with Crippen LogP contribution in [-0.2, 0) is 6.42 Å². The molecule has 5 nitrogen and oxygen atoms in total. The van der Waals surface area contributed by atoms with Gasteiger partial charge in [0, 0.05) is 30.9 Å². The first-order valence-electron chi connectivity index (χ1n) is 5.03. The predicted octanol–water partition coefficient (Wildman–Crippen LogP) is 0.819. The first kappa shape index (κ1) is 10.4. The Morgan fingerprint density at radius 1 is 1.31 bits per heavy atom. The lowest BCUT2D eigenvalue weighted by atomic mass is 10.3. The van der Waals surface area contributed by atoms with Gasteiger partial charge in [-0.05, 0) is 12.1 Å². The molecule has 0 aliphatic carbocycles. The van der Waals surface area contributed by atoms with E-state index in [1.165, 1.54) is 12.4 Å². The number of H-pyrrole nitrogens is 1. The Labute approximate surface area is 92.6 Å². The molecule has 0 aliphatic heterocycles. The van der Waals surface area contributed by atoms with Crippen LogP contribution in [0.15, 0.2) is 41.6 Å². The third-order valence-electron chi connectivity index (χ3n) is 2.09. The van der Waals surface area contributed by atoms with E-state index in [1.54, 1.807) is 6.20 Å². The molecular formula is C11H12N4O. The number of pyridine rings is 1. The molecule has 0 fully saturated rings. The zero-order valence-electron chi connectivity index (χ0n) is 8.68. The maximum Gasteiger partial charge on any atom is 0.252 e. The van der Waals surface area contributed by atoms with Crippen molar-refractivity contribution in [1.82, 2.24) is 15.0 Å². The molecule has 0 amide bonds. The minimum absolute atomic E-state index is 0.157. The second-order valence-electron chi connectivity index (χ2n) is 3.29. The van der Waals surface area contributed by atoms with Crippen LogP contribution in [0.2, 0.25) is 0 Å². The highest BCUT2D eigenvalue weighted by molar-refractivity contribution is 5.31. The number of anilines is 1. The third-order valence-corrected chi connectivity index (χ3v) is 2.09. The monoisotopic (exact) mass is 216 g/mol. The van der Waals surface area contributed by atoms with Crippen molar-refractivity contribution in [2.45, 2.75) is 6.42 Å². The smallest absolute Gasteiger partial charge is 0.252 e. The quantitative estimate of drug-likeness (QED) is 0.793. The lowest BCUT2D eigenvalue weighted by Crippen LogP contribution is -2.11. The topological polar surface area (TPSA) is 70.7 Å². The summed E-state index contributed by atoms with van der Waals surface area (Å²) in [5, 5.41) is 3.06. The highest BCUT2D eigenvalue weighted by Crippen LogP contribution is 1.98. The molecule has 0 radical (unpaired) electrons. The number of hydrogen-bond acceptors (Lipinski definition) is 4. The van der Waals surface area contributed by atoms with Crippen molar-refractivity contribution >= 4 is 5.82 Å². The summed E-state index contributed by atoms with van der Waals surface area (Å²) in [6, 6.07) is 7.23. The van der Waals surface area contributed by atoms with Crippen molar-refractivity contribution in [1.29, 1.82) is 0 Å². The molecule has 0 saturated carbocycles. The number of aromatic amines is 1. The second kappa shape index (κ2) is 5.06. The molecule has 2 aromatic heterocycles. The van der Waals surface area contributed by atoms with E-state index in [-0.39, 0.29) is 5.56 Å². The van der Waals surface area contributed by atoms with Crippen molar-refractivity contribution in [2.75, 3.05) is 11.9 Å². The van der Waals surface area contributed by atoms with Crippen molar-refractivity contribution in [3.8, 4) is 0 Å². The van der Waals surface area contributed by atoms with E-state index in [2.05, 4.69) is 20.3 Å². The van der Waals surface area contributed by atoms with E-state index in [0.717, 1.165) is 12.1 Å². The number of nitrogens with zero attached hydrogens (tertiary/aromatic N) is 2. The van der Waals surface area contributed by atoms with Crippen molar-refractivity contribution < 1.29 is 0 Å². The Morgan fingerprint density at radius 3 is 3.00 bits per heavy atom. The standard InChI is InChI=1S/C11H12N4O/c16-11-7-10(14-8-15-11)13-6-4-9-3-1-2-5-12-9/h1-3,5,7-8H,4,6H2,(H2,13,14,15,16). The molecule has 2 rings (SSSR count). The minimum atomic E-state index is -0.157. The van der Waals surface area contributed by atoms with Crippen molar-refractivity contribution in [3.05, 3.63) is 52.8 Å². The van der Waals surface area contributed by atoms with Crippen LogP contribution in [0, 0.1) is 0 Å². The van der Waals surface area contributed by atoms with Crippen LogP contribution >= 0.6 is 0 Å². The summed E-state index contributed by atoms with van der Waals surface area (Å²) in [4.78, 5) is 21.6. The Bertz CT molecular complexity index is 495. The molecule has 0 bridgehead atoms. The zero-order chi connectivity index (χ0) is 11.2. The van der Waals surface area contributed by atoms with E-state index in [4.69, 9.17) is 0 Å². The molecule has 5 heteroatoms. The van der Waals surface area contributed by atoms with Gasteiger partial charge in [-0.3, -0.25) is 9.78 Å². The Hall–Kier alpha value is -2.17. The van der Waals surface area contributed by atoms with Crippen LogP contribution in [-0.4, -0.2) is 21.5 Å². The molecule has 2 heterocycles. The number of rotatable bonds is 4. The van der Waals surface area contributed by atoms with Crippen LogP contribution in [0.25, 0.3) is 0 Å². The van der Waals surface area contributed by atoms with Gasteiger partial charge in [0.05, 0.1) is 6.33 Å². The molecule has 0 aromatic carbocycles. The van der Waals surface area contributed by atoms with E-state index in [1.807, 2.05) is 18.2 Å². The lowest BCUT2D eigenvalue weighted by molar-refractivity contribution is 0.948. The van der Waals surface area contributed by atoms with Gasteiger partial charge in [-0.15, -0.1) is 0 Å². The number of nitrogens with one attached hydrogen (secondary N) is 2. The summed E-state index contributed by atoms with van der Waals surface area (Å²) >= 11 is 0. The maximum atomic E-state index is 11.0. The van der Waals surface area contributed by atoms with Crippen LogP contribution in [0.3, 0.4) is 0 Å². The molecule has 0 unspecified atom stereocenters. The normalized spacial score (nSPS) is 10.0. The number of hydrogen-bond donors (Lipinski definition) is 2. The lowest BCUT2D eigenvalue weighted by Gasteiger charge is -2.03. The van der Waals surface area contributed by atoms with Gasteiger partial charge in [0.2, 0.25) is 0 Å². The molecule has 0 spiro atoms. The van der Waals surface area contributed by atoms with E-state index in [0.29, 0.717) is 12.4 Å². The molecule has 0 atom stereocenters. The molecule has 16 heavy (non-hydrogen) atoms. The fraction of sp³-hybridized carbons (Fsp3) is 0.182. The summed E-state index contributed by atoms with van der Waals surface area (Å²) < 4.78 is 0. The zero-order valence-corrected chi connectivity index (χ0v) is 8.68. The van der Waals surface area contributed by atoms with Gasteiger partial charge in [0.15, 0.2) is 0 Å². The highest BCUT2D eigenvalue weighted by atomic mass is 16.1. The van der Waals surface area contributed by atoms with E-state index >= 15 is 0 Å². The van der Waals surface area contributed by atoms with Crippen LogP contribution in [0.4, 0.5) is 5.82 Å². The fourth-order valence-corrected chi connectivity index (χ4v) is 1.33. The highest BCUT2D eigenvalue weighted by Gasteiger charge is 1.95. The van der Waals surface area contributed by atoms with E-state index < -0.39 is 0 Å². The summed E-state index contributed by atoms with van der Waals surface area (Å²) in [5.41, 5.74) is 0.857. The summed E-state index contributed by atoms with van der Waals surface area (Å²) in [5.74, 6) is 0.583. The summed E-state index contributed by atoms with van der Waals surface area (Å²) in [7, 11) is 0. The Morgan fingerprint density at radius 2 is 2.25 bits per heavy atom. The van der Waals surface area contributed by atoms with Crippen LogP contribution < -0.4 is 10.9 Å². The van der Waals surface area contributed by atoms with Gasteiger partial charge in [0.1, 0.15) is 5.82 Å². The van der Waals surface area contributed by atoms with Gasteiger partial charge in [0.25, 0.3) is 5.56 Å². The largest absolute Gasteiger partial charge is 0.369 e. The fourth-order valence-electron chi connectivity index (χ4n) is 1.33. The SMILES string of the molecule is O=c1cc(NCCc2ccccn2)nc[nH]1. The molecule has 82 valence electrons. The predicted molar refractivity (Wildman–Crippen MR) is 61.3 cm³/mol. The Kier molecular flexibility index (Phi) is 3.28. The molecular weight excluding hydrogens is 204 g/mol.